The molecule has 0 aliphatic carbocycles. The quantitative estimate of drug-likeness (QED) is 0.658. The number of nitrogens with one attached hydrogen (secondary N) is 1. The van der Waals surface area contributed by atoms with E-state index in [2.05, 4.69) is 15.0 Å². The van der Waals surface area contributed by atoms with Crippen LogP contribution < -0.4 is 11.3 Å². The number of aromatic nitrogens is 2. The van der Waals surface area contributed by atoms with E-state index in [1.165, 1.54) is 17.6 Å². The Balaban J connectivity index is 2.42. The molecule has 96 valence electrons. The van der Waals surface area contributed by atoms with Crippen molar-refractivity contribution in [1.82, 2.24) is 15.0 Å². The molecule has 1 unspecified atom stereocenters. The molecule has 1 aromatic carbocycles. The fourth-order valence-electron chi connectivity index (χ4n) is 1.70. The van der Waals surface area contributed by atoms with Gasteiger partial charge in [-0.05, 0) is 35.6 Å². The average molecular weight is 270 g/mol. The summed E-state index contributed by atoms with van der Waals surface area (Å²) in [6.45, 7) is 1.94. The normalized spacial score (nSPS) is 12.7. The standard InChI is InChI=1S/C11H12F2N4S/c1-2-9-11(18-17-16-9)10(15-14)6-3-4-7(12)8(13)5-6/h3-5,10,15H,2,14H2,1H3. The third-order valence-corrected chi connectivity index (χ3v) is 3.46. The van der Waals surface area contributed by atoms with Gasteiger partial charge in [-0.25, -0.2) is 14.2 Å². The van der Waals surface area contributed by atoms with Gasteiger partial charge in [0.25, 0.3) is 0 Å². The molecule has 0 saturated heterocycles. The Morgan fingerprint density at radius 1 is 1.39 bits per heavy atom. The van der Waals surface area contributed by atoms with E-state index in [4.69, 9.17) is 5.84 Å². The van der Waals surface area contributed by atoms with Gasteiger partial charge in [-0.15, -0.1) is 5.10 Å². The maximum Gasteiger partial charge on any atom is 0.159 e. The molecule has 0 radical (unpaired) electrons. The first-order chi connectivity index (χ1) is 8.67. The van der Waals surface area contributed by atoms with Gasteiger partial charge in [-0.2, -0.15) is 0 Å². The first-order valence-electron chi connectivity index (χ1n) is 5.39. The van der Waals surface area contributed by atoms with Crippen LogP contribution in [0, 0.1) is 11.6 Å². The second-order valence-corrected chi connectivity index (χ2v) is 4.50. The summed E-state index contributed by atoms with van der Waals surface area (Å²) in [4.78, 5) is 0.811. The summed E-state index contributed by atoms with van der Waals surface area (Å²) < 4.78 is 30.0. The van der Waals surface area contributed by atoms with E-state index < -0.39 is 17.7 Å². The van der Waals surface area contributed by atoms with Crippen LogP contribution in [0.1, 0.15) is 29.1 Å². The summed E-state index contributed by atoms with van der Waals surface area (Å²) in [7, 11) is 0. The van der Waals surface area contributed by atoms with E-state index in [9.17, 15) is 8.78 Å². The van der Waals surface area contributed by atoms with E-state index in [1.807, 2.05) is 6.92 Å². The van der Waals surface area contributed by atoms with Crippen LogP contribution >= 0.6 is 11.5 Å². The van der Waals surface area contributed by atoms with Gasteiger partial charge in [0, 0.05) is 0 Å². The zero-order chi connectivity index (χ0) is 13.1. The topological polar surface area (TPSA) is 63.8 Å². The number of halogens is 2. The van der Waals surface area contributed by atoms with Crippen molar-refractivity contribution in [3.05, 3.63) is 46.0 Å². The Bertz CT molecular complexity index is 544. The third-order valence-electron chi connectivity index (χ3n) is 2.63. The molecule has 0 bridgehead atoms. The molecule has 0 spiro atoms. The van der Waals surface area contributed by atoms with Crippen molar-refractivity contribution in [3.63, 3.8) is 0 Å². The smallest absolute Gasteiger partial charge is 0.159 e. The monoisotopic (exact) mass is 270 g/mol. The summed E-state index contributed by atoms with van der Waals surface area (Å²) in [5.74, 6) is 3.71. The molecular formula is C11H12F2N4S. The molecule has 7 heteroatoms. The Hall–Kier alpha value is -1.44. The second kappa shape index (κ2) is 5.47. The van der Waals surface area contributed by atoms with Crippen LogP contribution in [0.2, 0.25) is 0 Å². The largest absolute Gasteiger partial charge is 0.271 e. The fraction of sp³-hybridized carbons (Fsp3) is 0.273. The Labute approximate surface area is 107 Å². The molecule has 3 N–H and O–H groups in total. The van der Waals surface area contributed by atoms with E-state index in [-0.39, 0.29) is 0 Å². The molecular weight excluding hydrogens is 258 g/mol. The van der Waals surface area contributed by atoms with Gasteiger partial charge < -0.3 is 0 Å². The molecule has 0 aliphatic rings. The maximum absolute atomic E-state index is 13.2. The SMILES string of the molecule is CCc1nnsc1C(NN)c1ccc(F)c(F)c1. The summed E-state index contributed by atoms with van der Waals surface area (Å²) >= 11 is 1.19. The average Bonchev–Trinajstić information content (AvgIpc) is 2.83. The van der Waals surface area contributed by atoms with Crippen LogP contribution in [-0.2, 0) is 6.42 Å². The molecule has 18 heavy (non-hydrogen) atoms. The number of nitrogens with zero attached hydrogens (tertiary/aromatic N) is 2. The fourth-order valence-corrected chi connectivity index (χ4v) is 2.52. The lowest BCUT2D eigenvalue weighted by atomic mass is 10.0. The lowest BCUT2D eigenvalue weighted by molar-refractivity contribution is 0.504. The van der Waals surface area contributed by atoms with Gasteiger partial charge in [-0.3, -0.25) is 5.84 Å². The Morgan fingerprint density at radius 3 is 2.78 bits per heavy atom. The molecule has 1 atom stereocenters. The summed E-state index contributed by atoms with van der Waals surface area (Å²) in [5.41, 5.74) is 3.92. The summed E-state index contributed by atoms with van der Waals surface area (Å²) in [5, 5.41) is 3.97. The molecule has 4 nitrogen and oxygen atoms in total. The lowest BCUT2D eigenvalue weighted by Gasteiger charge is -2.15. The number of aryl methyl sites for hydroxylation is 1. The molecule has 0 amide bonds. The zero-order valence-corrected chi connectivity index (χ0v) is 10.5. The van der Waals surface area contributed by atoms with Crippen molar-refractivity contribution in [2.75, 3.05) is 0 Å². The highest BCUT2D eigenvalue weighted by atomic mass is 32.1. The van der Waals surface area contributed by atoms with Gasteiger partial charge in [0.15, 0.2) is 11.6 Å². The van der Waals surface area contributed by atoms with Gasteiger partial charge >= 0.3 is 0 Å². The number of nitrogens with two attached hydrogens (primary N) is 1. The summed E-state index contributed by atoms with van der Waals surface area (Å²) in [6, 6.07) is 3.26. The highest BCUT2D eigenvalue weighted by Crippen LogP contribution is 2.27. The van der Waals surface area contributed by atoms with Crippen molar-refractivity contribution < 1.29 is 8.78 Å². The van der Waals surface area contributed by atoms with E-state index >= 15 is 0 Å². The van der Waals surface area contributed by atoms with Crippen LogP contribution in [0.4, 0.5) is 8.78 Å². The van der Waals surface area contributed by atoms with E-state index in [0.717, 1.165) is 22.7 Å². The van der Waals surface area contributed by atoms with Crippen LogP contribution in [0.3, 0.4) is 0 Å². The molecule has 1 heterocycles. The Morgan fingerprint density at radius 2 is 2.17 bits per heavy atom. The first-order valence-corrected chi connectivity index (χ1v) is 6.17. The first kappa shape index (κ1) is 13.0. The van der Waals surface area contributed by atoms with Crippen molar-refractivity contribution in [2.45, 2.75) is 19.4 Å². The van der Waals surface area contributed by atoms with E-state index in [1.54, 1.807) is 0 Å². The van der Waals surface area contributed by atoms with Gasteiger partial charge in [0.1, 0.15) is 0 Å². The van der Waals surface area contributed by atoms with Crippen molar-refractivity contribution in [2.24, 2.45) is 5.84 Å². The van der Waals surface area contributed by atoms with Crippen molar-refractivity contribution >= 4 is 11.5 Å². The van der Waals surface area contributed by atoms with Crippen LogP contribution in [0.5, 0.6) is 0 Å². The molecule has 0 fully saturated rings. The van der Waals surface area contributed by atoms with Gasteiger partial charge in [0.05, 0.1) is 16.6 Å². The number of hydrazine groups is 1. The molecule has 2 rings (SSSR count). The highest BCUT2D eigenvalue weighted by molar-refractivity contribution is 7.05. The maximum atomic E-state index is 13.2. The van der Waals surface area contributed by atoms with Crippen molar-refractivity contribution in [1.29, 1.82) is 0 Å². The predicted octanol–water partition coefficient (Wildman–Crippen LogP) is 1.93. The molecule has 0 saturated carbocycles. The minimum atomic E-state index is -0.900. The van der Waals surface area contributed by atoms with Crippen LogP contribution in [0.25, 0.3) is 0 Å². The minimum Gasteiger partial charge on any atom is -0.271 e. The predicted molar refractivity (Wildman–Crippen MR) is 64.8 cm³/mol. The second-order valence-electron chi connectivity index (χ2n) is 3.71. The zero-order valence-electron chi connectivity index (χ0n) is 9.65. The molecule has 1 aromatic heterocycles. The lowest BCUT2D eigenvalue weighted by Crippen LogP contribution is -2.29. The van der Waals surface area contributed by atoms with Crippen LogP contribution in [-0.4, -0.2) is 9.59 Å². The molecule has 0 aliphatic heterocycles. The highest BCUT2D eigenvalue weighted by Gasteiger charge is 2.20. The number of hydrogen-bond donors (Lipinski definition) is 2. The van der Waals surface area contributed by atoms with Gasteiger partial charge in [0.2, 0.25) is 0 Å². The number of benzene rings is 1. The number of hydrogen-bond acceptors (Lipinski definition) is 5. The Kier molecular flexibility index (Phi) is 3.95. The van der Waals surface area contributed by atoms with E-state index in [0.29, 0.717) is 12.0 Å². The van der Waals surface area contributed by atoms with Crippen molar-refractivity contribution in [3.8, 4) is 0 Å². The van der Waals surface area contributed by atoms with Gasteiger partial charge in [-0.1, -0.05) is 17.5 Å². The third kappa shape index (κ3) is 2.38. The van der Waals surface area contributed by atoms with Crippen LogP contribution in [0.15, 0.2) is 18.2 Å². The summed E-state index contributed by atoms with van der Waals surface area (Å²) in [6.07, 6.45) is 0.702. The number of rotatable bonds is 4. The minimum absolute atomic E-state index is 0.435. The molecule has 2 aromatic rings.